The Morgan fingerprint density at radius 3 is 2.23 bits per heavy atom. The number of aliphatic carboxylic acids is 2. The molecule has 0 fully saturated rings. The minimum Gasteiger partial charge on any atom is -0.480 e. The highest BCUT2D eigenvalue weighted by molar-refractivity contribution is 6.39. The summed E-state index contributed by atoms with van der Waals surface area (Å²) in [4.78, 5) is 36.0. The molecule has 9 N–H and O–H groups in total. The Morgan fingerprint density at radius 1 is 1.03 bits per heavy atom. The van der Waals surface area contributed by atoms with Crippen LogP contribution in [0.5, 0.6) is 0 Å². The van der Waals surface area contributed by atoms with E-state index in [2.05, 4.69) is 15.0 Å². The Labute approximate surface area is 211 Å². The monoisotopic (exact) mass is 527 g/mol. The zero-order valence-electron chi connectivity index (χ0n) is 18.6. The Morgan fingerprint density at radius 2 is 1.66 bits per heavy atom. The molecule has 2 aromatic rings. The molecule has 0 unspecified atom stereocenters. The number of nitrogens with zero attached hydrogens (tertiary/aromatic N) is 1. The molecule has 0 spiro atoms. The van der Waals surface area contributed by atoms with Crippen molar-refractivity contribution in [3.63, 3.8) is 0 Å². The lowest BCUT2D eigenvalue weighted by Crippen LogP contribution is -2.30. The minimum absolute atomic E-state index is 0.0129. The van der Waals surface area contributed by atoms with Gasteiger partial charge in [0.25, 0.3) is 0 Å². The summed E-state index contributed by atoms with van der Waals surface area (Å²) in [5.41, 5.74) is 17.1. The molecule has 0 saturated heterocycles. The predicted molar refractivity (Wildman–Crippen MR) is 134 cm³/mol. The highest BCUT2D eigenvalue weighted by Gasteiger charge is 2.13. The third-order valence-electron chi connectivity index (χ3n) is 4.22. The van der Waals surface area contributed by atoms with Gasteiger partial charge in [0.1, 0.15) is 6.04 Å². The number of hydrogen-bond donors (Lipinski definition) is 6. The van der Waals surface area contributed by atoms with Crippen LogP contribution in [0.4, 0.5) is 11.4 Å². The first-order valence-corrected chi connectivity index (χ1v) is 11.0. The summed E-state index contributed by atoms with van der Waals surface area (Å²) in [7, 11) is 0. The first-order valence-electron chi connectivity index (χ1n) is 10.2. The number of para-hydroxylation sites is 2. The van der Waals surface area contributed by atoms with E-state index in [1.54, 1.807) is 42.5 Å². The van der Waals surface area contributed by atoms with Gasteiger partial charge in [0, 0.05) is 12.2 Å². The van der Waals surface area contributed by atoms with Gasteiger partial charge in [-0.05, 0) is 36.6 Å². The van der Waals surface area contributed by atoms with Crippen LogP contribution >= 0.6 is 23.2 Å². The summed E-state index contributed by atoms with van der Waals surface area (Å²) in [5.74, 6) is -2.82. The van der Waals surface area contributed by atoms with Crippen molar-refractivity contribution < 1.29 is 29.3 Å². The summed E-state index contributed by atoms with van der Waals surface area (Å²) in [5, 5.41) is 20.9. The molecule has 0 heterocycles. The normalized spacial score (nSPS) is 10.8. The van der Waals surface area contributed by atoms with Gasteiger partial charge < -0.3 is 37.5 Å². The average molecular weight is 528 g/mol. The molecular formula is C22H27Cl2N5O6. The molecule has 2 aromatic carbocycles. The van der Waals surface area contributed by atoms with Crippen LogP contribution in [-0.2, 0) is 25.5 Å². The van der Waals surface area contributed by atoms with Crippen molar-refractivity contribution in [2.24, 2.45) is 22.2 Å². The lowest BCUT2D eigenvalue weighted by molar-refractivity contribution is -0.154. The van der Waals surface area contributed by atoms with Gasteiger partial charge in [-0.25, -0.2) is 4.79 Å². The van der Waals surface area contributed by atoms with Crippen LogP contribution in [0.15, 0.2) is 47.5 Å². The summed E-state index contributed by atoms with van der Waals surface area (Å²) in [6.45, 7) is -0.242. The molecular weight excluding hydrogens is 501 g/mol. The van der Waals surface area contributed by atoms with Crippen LogP contribution in [0.1, 0.15) is 18.4 Å². The molecule has 1 atom stereocenters. The molecule has 0 amide bonds. The number of benzene rings is 2. The molecule has 0 aliphatic heterocycles. The van der Waals surface area contributed by atoms with E-state index in [1.165, 1.54) is 0 Å². The number of carboxylic acids is 2. The van der Waals surface area contributed by atoms with Crippen molar-refractivity contribution in [2.75, 3.05) is 18.5 Å². The number of esters is 1. The third kappa shape index (κ3) is 11.9. The maximum atomic E-state index is 11.7. The van der Waals surface area contributed by atoms with E-state index in [-0.39, 0.29) is 12.4 Å². The summed E-state index contributed by atoms with van der Waals surface area (Å²) in [6.07, 6.45) is 0.885. The number of carboxylic acid groups (broad SMARTS) is 2. The number of aliphatic imine (C=N–C) groups is 1. The van der Waals surface area contributed by atoms with E-state index in [0.29, 0.717) is 46.4 Å². The Kier molecular flexibility index (Phi) is 13.0. The molecule has 0 aromatic heterocycles. The molecule has 0 radical (unpaired) electrons. The van der Waals surface area contributed by atoms with Gasteiger partial charge in [0.15, 0.2) is 12.6 Å². The second-order valence-corrected chi connectivity index (χ2v) is 7.82. The third-order valence-corrected chi connectivity index (χ3v) is 4.85. The van der Waals surface area contributed by atoms with Gasteiger partial charge in [0.2, 0.25) is 0 Å². The number of rotatable bonds is 11. The summed E-state index contributed by atoms with van der Waals surface area (Å²) >= 11 is 12.2. The number of nitrogens with two attached hydrogens (primary N) is 3. The fourth-order valence-corrected chi connectivity index (χ4v) is 3.03. The van der Waals surface area contributed by atoms with Crippen LogP contribution in [-0.4, -0.2) is 53.3 Å². The van der Waals surface area contributed by atoms with Crippen LogP contribution in [0.2, 0.25) is 10.0 Å². The molecule has 0 saturated carbocycles. The molecule has 11 nitrogen and oxygen atoms in total. The van der Waals surface area contributed by atoms with E-state index in [0.717, 1.165) is 0 Å². The molecule has 0 aliphatic carbocycles. The largest absolute Gasteiger partial charge is 0.480 e. The first kappa shape index (κ1) is 29.5. The average Bonchev–Trinajstić information content (AvgIpc) is 2.79. The molecule has 0 bridgehead atoms. The van der Waals surface area contributed by atoms with Crippen molar-refractivity contribution in [1.29, 1.82) is 0 Å². The van der Waals surface area contributed by atoms with Crippen molar-refractivity contribution in [3.05, 3.63) is 58.1 Å². The molecule has 2 rings (SSSR count). The van der Waals surface area contributed by atoms with Gasteiger partial charge in [-0.1, -0.05) is 47.5 Å². The number of nitrogens with one attached hydrogen (secondary N) is 1. The zero-order valence-corrected chi connectivity index (χ0v) is 20.1. The fraction of sp³-hybridized carbons (Fsp3) is 0.273. The Hall–Kier alpha value is -3.54. The SMILES string of the molecule is NC(N)=NCCC[C@H](N)C(=O)O.O=C(O)COC(=O)Cc1ccccc1Nc1c(Cl)cccc1Cl. The first-order chi connectivity index (χ1) is 16.5. The van der Waals surface area contributed by atoms with Crippen molar-refractivity contribution in [1.82, 2.24) is 0 Å². The van der Waals surface area contributed by atoms with Gasteiger partial charge in [-0.3, -0.25) is 14.6 Å². The molecule has 35 heavy (non-hydrogen) atoms. The lowest BCUT2D eigenvalue weighted by Gasteiger charge is -2.14. The smallest absolute Gasteiger partial charge is 0.341 e. The number of halogens is 2. The second-order valence-electron chi connectivity index (χ2n) is 7.00. The van der Waals surface area contributed by atoms with Gasteiger partial charge >= 0.3 is 17.9 Å². The molecule has 13 heteroatoms. The van der Waals surface area contributed by atoms with Crippen molar-refractivity contribution >= 4 is 58.4 Å². The standard InChI is InChI=1S/C16H13Cl2NO4.C6H14N4O2/c17-11-5-3-6-12(18)16(11)19-13-7-2-1-4-10(13)8-15(22)23-9-14(20)21;7-4(5(11)12)2-1-3-10-6(8)9/h1-7,19H,8-9H2,(H,20,21);4H,1-3,7H2,(H,11,12)(H4,8,9,10)/t;4-/m.0/s1. The highest BCUT2D eigenvalue weighted by atomic mass is 35.5. The van der Waals surface area contributed by atoms with Gasteiger partial charge in [-0.2, -0.15) is 0 Å². The summed E-state index contributed by atoms with van der Waals surface area (Å²) in [6, 6.07) is 11.3. The molecule has 0 aliphatic rings. The second kappa shape index (κ2) is 15.4. The minimum atomic E-state index is -1.20. The van der Waals surface area contributed by atoms with E-state index in [1.807, 2.05) is 0 Å². The maximum Gasteiger partial charge on any atom is 0.341 e. The van der Waals surface area contributed by atoms with E-state index >= 15 is 0 Å². The number of ether oxygens (including phenoxy) is 1. The Bertz CT molecular complexity index is 1030. The predicted octanol–water partition coefficient (Wildman–Crippen LogP) is 2.36. The van der Waals surface area contributed by atoms with Crippen molar-refractivity contribution in [2.45, 2.75) is 25.3 Å². The number of guanidine groups is 1. The van der Waals surface area contributed by atoms with E-state index in [9.17, 15) is 14.4 Å². The number of hydrogen-bond acceptors (Lipinski definition) is 7. The van der Waals surface area contributed by atoms with Crippen LogP contribution < -0.4 is 22.5 Å². The maximum absolute atomic E-state index is 11.7. The number of carbonyl (C=O) groups is 3. The van der Waals surface area contributed by atoms with Crippen LogP contribution in [0.25, 0.3) is 0 Å². The number of anilines is 2. The lowest BCUT2D eigenvalue weighted by atomic mass is 10.1. The highest BCUT2D eigenvalue weighted by Crippen LogP contribution is 2.33. The van der Waals surface area contributed by atoms with Crippen molar-refractivity contribution in [3.8, 4) is 0 Å². The van der Waals surface area contributed by atoms with E-state index < -0.39 is 30.6 Å². The zero-order chi connectivity index (χ0) is 26.4. The van der Waals surface area contributed by atoms with Gasteiger partial charge in [0.05, 0.1) is 22.2 Å². The quantitative estimate of drug-likeness (QED) is 0.109. The fourth-order valence-electron chi connectivity index (χ4n) is 2.54. The van der Waals surface area contributed by atoms with Gasteiger partial charge in [-0.15, -0.1) is 0 Å². The van der Waals surface area contributed by atoms with E-state index in [4.69, 9.17) is 50.6 Å². The van der Waals surface area contributed by atoms with Crippen LogP contribution in [0.3, 0.4) is 0 Å². The van der Waals surface area contributed by atoms with Crippen LogP contribution in [0, 0.1) is 0 Å². The number of carbonyl (C=O) groups excluding carboxylic acids is 1. The summed E-state index contributed by atoms with van der Waals surface area (Å²) < 4.78 is 4.64. The molecule has 190 valence electrons. The topological polar surface area (TPSA) is 203 Å². The Balaban J connectivity index is 0.000000434.